The zero-order chi connectivity index (χ0) is 16.5. The Hall–Kier alpha value is -1.55. The number of hydrogen-bond acceptors (Lipinski definition) is 3. The molecular formula is C19H29NO3. The van der Waals surface area contributed by atoms with Crippen molar-refractivity contribution < 1.29 is 14.3 Å². The van der Waals surface area contributed by atoms with Crippen molar-refractivity contribution in [2.24, 2.45) is 0 Å². The van der Waals surface area contributed by atoms with E-state index in [1.54, 1.807) is 0 Å². The summed E-state index contributed by atoms with van der Waals surface area (Å²) < 4.78 is 11.5. The monoisotopic (exact) mass is 319 g/mol. The predicted molar refractivity (Wildman–Crippen MR) is 92.9 cm³/mol. The molecule has 23 heavy (non-hydrogen) atoms. The number of carbonyl (C=O) groups excluding carboxylic acids is 1. The first-order chi connectivity index (χ1) is 11.2. The lowest BCUT2D eigenvalue weighted by atomic mass is 9.92. The Morgan fingerprint density at radius 1 is 1.09 bits per heavy atom. The van der Waals surface area contributed by atoms with Crippen LogP contribution in [0, 0.1) is 0 Å². The number of ether oxygens (including phenoxy) is 2. The summed E-state index contributed by atoms with van der Waals surface area (Å²) in [5.74, 6) is 0.814. The van der Waals surface area contributed by atoms with E-state index in [1.165, 1.54) is 12.8 Å². The average molecular weight is 319 g/mol. The summed E-state index contributed by atoms with van der Waals surface area (Å²) in [6.07, 6.45) is 7.05. The summed E-state index contributed by atoms with van der Waals surface area (Å²) in [6, 6.07) is 7.53. The molecule has 1 aromatic rings. The normalized spacial score (nSPS) is 17.3. The Balaban J connectivity index is 2.06. The maximum absolute atomic E-state index is 12.9. The van der Waals surface area contributed by atoms with Gasteiger partial charge in [0, 0.05) is 12.3 Å². The van der Waals surface area contributed by atoms with Crippen LogP contribution in [0.5, 0.6) is 5.75 Å². The Morgan fingerprint density at radius 3 is 2.30 bits per heavy atom. The van der Waals surface area contributed by atoms with Gasteiger partial charge < -0.3 is 14.8 Å². The number of rotatable bonds is 7. The van der Waals surface area contributed by atoms with Crippen LogP contribution in [0.2, 0.25) is 0 Å². The average Bonchev–Trinajstić information content (AvgIpc) is 2.81. The van der Waals surface area contributed by atoms with Gasteiger partial charge >= 0.3 is 0 Å². The SMILES string of the molecule is CCCOC1(C(=O)Nc2ccc(OCC)cc2)CCCCCC1. The van der Waals surface area contributed by atoms with E-state index in [0.717, 1.165) is 43.5 Å². The zero-order valence-electron chi connectivity index (χ0n) is 14.4. The molecule has 0 bridgehead atoms. The standard InChI is InChI=1S/C19H29NO3/c1-3-15-23-19(13-7-5-6-8-14-19)18(21)20-16-9-11-17(12-10-16)22-4-2/h9-12H,3-8,13-15H2,1-2H3,(H,20,21). The molecule has 1 aliphatic carbocycles. The highest BCUT2D eigenvalue weighted by Crippen LogP contribution is 2.32. The second kappa shape index (κ2) is 8.92. The van der Waals surface area contributed by atoms with Crippen molar-refractivity contribution in [2.45, 2.75) is 64.4 Å². The number of nitrogens with one attached hydrogen (secondary N) is 1. The molecule has 1 saturated carbocycles. The third-order valence-electron chi connectivity index (χ3n) is 4.33. The largest absolute Gasteiger partial charge is 0.494 e. The van der Waals surface area contributed by atoms with Gasteiger partial charge in [0.15, 0.2) is 0 Å². The molecule has 1 aromatic carbocycles. The summed E-state index contributed by atoms with van der Waals surface area (Å²) >= 11 is 0. The third-order valence-corrected chi connectivity index (χ3v) is 4.33. The Kier molecular flexibility index (Phi) is 6.90. The Bertz CT molecular complexity index is 476. The first kappa shape index (κ1) is 17.8. The van der Waals surface area contributed by atoms with Crippen molar-refractivity contribution in [3.05, 3.63) is 24.3 Å². The molecule has 0 aromatic heterocycles. The fraction of sp³-hybridized carbons (Fsp3) is 0.632. The van der Waals surface area contributed by atoms with Crippen LogP contribution < -0.4 is 10.1 Å². The van der Waals surface area contributed by atoms with Crippen molar-refractivity contribution in [3.8, 4) is 5.75 Å². The van der Waals surface area contributed by atoms with Crippen molar-refractivity contribution in [1.29, 1.82) is 0 Å². The van der Waals surface area contributed by atoms with Crippen molar-refractivity contribution >= 4 is 11.6 Å². The number of amides is 1. The summed E-state index contributed by atoms with van der Waals surface area (Å²) in [7, 11) is 0. The van der Waals surface area contributed by atoms with Crippen molar-refractivity contribution in [1.82, 2.24) is 0 Å². The van der Waals surface area contributed by atoms with Gasteiger partial charge in [-0.05, 0) is 50.5 Å². The van der Waals surface area contributed by atoms with Crippen LogP contribution in [0.1, 0.15) is 58.8 Å². The van der Waals surface area contributed by atoms with Crippen LogP contribution in [-0.2, 0) is 9.53 Å². The molecule has 1 N–H and O–H groups in total. The maximum atomic E-state index is 12.9. The van der Waals surface area contributed by atoms with Crippen LogP contribution in [-0.4, -0.2) is 24.7 Å². The minimum atomic E-state index is -0.662. The maximum Gasteiger partial charge on any atom is 0.256 e. The van der Waals surface area contributed by atoms with Crippen LogP contribution in [0.25, 0.3) is 0 Å². The van der Waals surface area contributed by atoms with E-state index in [0.29, 0.717) is 13.2 Å². The first-order valence-electron chi connectivity index (χ1n) is 8.88. The molecule has 0 aliphatic heterocycles. The minimum Gasteiger partial charge on any atom is -0.494 e. The zero-order valence-corrected chi connectivity index (χ0v) is 14.4. The van der Waals surface area contributed by atoms with E-state index in [9.17, 15) is 4.79 Å². The van der Waals surface area contributed by atoms with Gasteiger partial charge in [-0.25, -0.2) is 0 Å². The van der Waals surface area contributed by atoms with Gasteiger partial charge in [0.05, 0.1) is 6.61 Å². The quantitative estimate of drug-likeness (QED) is 0.750. The second-order valence-electron chi connectivity index (χ2n) is 6.17. The van der Waals surface area contributed by atoms with Gasteiger partial charge in [-0.1, -0.05) is 32.6 Å². The van der Waals surface area contributed by atoms with Crippen LogP contribution in [0.15, 0.2) is 24.3 Å². The van der Waals surface area contributed by atoms with Crippen LogP contribution >= 0.6 is 0 Å². The number of anilines is 1. The number of carbonyl (C=O) groups is 1. The third kappa shape index (κ3) is 4.96. The summed E-state index contributed by atoms with van der Waals surface area (Å²) in [5, 5.41) is 3.04. The molecule has 0 unspecified atom stereocenters. The van der Waals surface area contributed by atoms with Crippen LogP contribution in [0.4, 0.5) is 5.69 Å². The lowest BCUT2D eigenvalue weighted by molar-refractivity contribution is -0.143. The topological polar surface area (TPSA) is 47.6 Å². The van der Waals surface area contributed by atoms with E-state index in [1.807, 2.05) is 31.2 Å². The molecule has 0 spiro atoms. The van der Waals surface area contributed by atoms with Gasteiger partial charge in [0.25, 0.3) is 5.91 Å². The lowest BCUT2D eigenvalue weighted by Gasteiger charge is -2.31. The molecule has 4 heteroatoms. The fourth-order valence-corrected chi connectivity index (χ4v) is 3.08. The number of benzene rings is 1. The van der Waals surface area contributed by atoms with Gasteiger partial charge in [-0.3, -0.25) is 4.79 Å². The second-order valence-corrected chi connectivity index (χ2v) is 6.17. The summed E-state index contributed by atoms with van der Waals surface area (Å²) in [4.78, 5) is 12.9. The lowest BCUT2D eigenvalue weighted by Crippen LogP contribution is -2.45. The van der Waals surface area contributed by atoms with E-state index in [4.69, 9.17) is 9.47 Å². The Labute approximate surface area is 139 Å². The molecular weight excluding hydrogens is 290 g/mol. The fourth-order valence-electron chi connectivity index (χ4n) is 3.08. The molecule has 2 rings (SSSR count). The highest BCUT2D eigenvalue weighted by atomic mass is 16.5. The molecule has 0 heterocycles. The predicted octanol–water partition coefficient (Wildman–Crippen LogP) is 4.54. The molecule has 0 atom stereocenters. The minimum absolute atomic E-state index is 0.00277. The summed E-state index contributed by atoms with van der Waals surface area (Å²) in [5.41, 5.74) is 0.132. The highest BCUT2D eigenvalue weighted by molar-refractivity contribution is 5.97. The van der Waals surface area contributed by atoms with Crippen molar-refractivity contribution in [2.75, 3.05) is 18.5 Å². The van der Waals surface area contributed by atoms with Gasteiger partial charge in [0.2, 0.25) is 0 Å². The highest BCUT2D eigenvalue weighted by Gasteiger charge is 2.39. The van der Waals surface area contributed by atoms with Gasteiger partial charge in [-0.2, -0.15) is 0 Å². The van der Waals surface area contributed by atoms with E-state index < -0.39 is 5.60 Å². The smallest absolute Gasteiger partial charge is 0.256 e. The van der Waals surface area contributed by atoms with Crippen molar-refractivity contribution in [3.63, 3.8) is 0 Å². The molecule has 4 nitrogen and oxygen atoms in total. The Morgan fingerprint density at radius 2 is 1.74 bits per heavy atom. The summed E-state index contributed by atoms with van der Waals surface area (Å²) in [6.45, 7) is 5.31. The van der Waals surface area contributed by atoms with E-state index >= 15 is 0 Å². The molecule has 1 fully saturated rings. The van der Waals surface area contributed by atoms with Gasteiger partial charge in [0.1, 0.15) is 11.4 Å². The van der Waals surface area contributed by atoms with E-state index in [2.05, 4.69) is 12.2 Å². The molecule has 1 aliphatic rings. The molecule has 0 radical (unpaired) electrons. The molecule has 1 amide bonds. The van der Waals surface area contributed by atoms with E-state index in [-0.39, 0.29) is 5.91 Å². The van der Waals surface area contributed by atoms with Gasteiger partial charge in [-0.15, -0.1) is 0 Å². The number of hydrogen-bond donors (Lipinski definition) is 1. The molecule has 0 saturated heterocycles. The van der Waals surface area contributed by atoms with Crippen LogP contribution in [0.3, 0.4) is 0 Å². The molecule has 128 valence electrons. The first-order valence-corrected chi connectivity index (χ1v) is 8.88.